The summed E-state index contributed by atoms with van der Waals surface area (Å²) in [5, 5.41) is 13.2. The molecule has 8 aromatic carbocycles. The quantitative estimate of drug-likeness (QED) is 0.175. The van der Waals surface area contributed by atoms with Crippen molar-refractivity contribution in [2.24, 2.45) is 0 Å². The highest BCUT2D eigenvalue weighted by Crippen LogP contribution is 2.50. The molecule has 0 saturated heterocycles. The van der Waals surface area contributed by atoms with Gasteiger partial charge in [-0.15, -0.1) is 22.7 Å². The minimum absolute atomic E-state index is 1.29. The van der Waals surface area contributed by atoms with Gasteiger partial charge in [-0.3, -0.25) is 0 Å². The Kier molecular flexibility index (Phi) is 5.13. The smallest absolute Gasteiger partial charge is 0.0434 e. The zero-order valence-electron chi connectivity index (χ0n) is 23.7. The fourth-order valence-electron chi connectivity index (χ4n) is 7.41. The Morgan fingerprint density at radius 1 is 0.295 bits per heavy atom. The van der Waals surface area contributed by atoms with Crippen LogP contribution in [0.5, 0.6) is 0 Å². The SMILES string of the molecule is c1ccc2c(c1)ccc1c3cccc(-c4c5ccccc5c(-c5cccc6sc7ccccc7c56)c5ccccc45)c3sc21. The lowest BCUT2D eigenvalue weighted by Crippen LogP contribution is -1.91. The summed E-state index contributed by atoms with van der Waals surface area (Å²) in [6.07, 6.45) is 0. The zero-order valence-corrected chi connectivity index (χ0v) is 25.3. The second-order valence-corrected chi connectivity index (χ2v) is 13.7. The van der Waals surface area contributed by atoms with Crippen LogP contribution < -0.4 is 0 Å². The number of hydrogen-bond donors (Lipinski definition) is 0. The molecular weight excluding hydrogens is 569 g/mol. The van der Waals surface area contributed by atoms with Crippen molar-refractivity contribution in [2.45, 2.75) is 0 Å². The van der Waals surface area contributed by atoms with Gasteiger partial charge in [0.25, 0.3) is 0 Å². The van der Waals surface area contributed by atoms with Crippen molar-refractivity contribution >= 4 is 95.3 Å². The van der Waals surface area contributed by atoms with Crippen molar-refractivity contribution in [3.8, 4) is 22.3 Å². The maximum Gasteiger partial charge on any atom is 0.0434 e. The lowest BCUT2D eigenvalue weighted by Gasteiger charge is -2.18. The molecule has 0 amide bonds. The van der Waals surface area contributed by atoms with E-state index in [-0.39, 0.29) is 0 Å². The highest BCUT2D eigenvalue weighted by atomic mass is 32.1. The Labute approximate surface area is 262 Å². The monoisotopic (exact) mass is 592 g/mol. The first-order valence-electron chi connectivity index (χ1n) is 15.0. The number of fused-ring (bicyclic) bond motifs is 10. The Morgan fingerprint density at radius 3 is 1.57 bits per heavy atom. The van der Waals surface area contributed by atoms with Gasteiger partial charge in [-0.25, -0.2) is 0 Å². The van der Waals surface area contributed by atoms with Crippen LogP contribution in [0.15, 0.2) is 146 Å². The molecule has 0 radical (unpaired) electrons. The largest absolute Gasteiger partial charge is 0.135 e. The Morgan fingerprint density at radius 2 is 0.818 bits per heavy atom. The maximum atomic E-state index is 2.33. The molecule has 2 aromatic heterocycles. The van der Waals surface area contributed by atoms with Gasteiger partial charge in [0.2, 0.25) is 0 Å². The van der Waals surface area contributed by atoms with Crippen LogP contribution in [-0.4, -0.2) is 0 Å². The van der Waals surface area contributed by atoms with Crippen molar-refractivity contribution in [1.82, 2.24) is 0 Å². The number of rotatable bonds is 2. The van der Waals surface area contributed by atoms with E-state index in [1.807, 2.05) is 22.7 Å². The molecule has 0 spiro atoms. The third-order valence-corrected chi connectivity index (χ3v) is 11.7. The molecule has 0 saturated carbocycles. The molecule has 0 aliphatic rings. The van der Waals surface area contributed by atoms with E-state index in [2.05, 4.69) is 146 Å². The van der Waals surface area contributed by atoms with E-state index in [0.29, 0.717) is 0 Å². The molecule has 0 fully saturated rings. The molecular formula is C42H24S2. The van der Waals surface area contributed by atoms with Crippen LogP contribution in [0, 0.1) is 0 Å². The molecule has 0 aliphatic carbocycles. The van der Waals surface area contributed by atoms with E-state index in [9.17, 15) is 0 Å². The maximum absolute atomic E-state index is 2.33. The first-order chi connectivity index (χ1) is 21.8. The molecule has 2 heterocycles. The zero-order chi connectivity index (χ0) is 28.8. The van der Waals surface area contributed by atoms with Crippen LogP contribution in [0.2, 0.25) is 0 Å². The predicted molar refractivity (Wildman–Crippen MR) is 196 cm³/mol. The molecule has 0 atom stereocenters. The van der Waals surface area contributed by atoms with Crippen molar-refractivity contribution < 1.29 is 0 Å². The molecule has 0 aliphatic heterocycles. The normalized spacial score (nSPS) is 12.1. The van der Waals surface area contributed by atoms with Gasteiger partial charge >= 0.3 is 0 Å². The summed E-state index contributed by atoms with van der Waals surface area (Å²) in [6, 6.07) is 54.0. The summed E-state index contributed by atoms with van der Waals surface area (Å²) in [4.78, 5) is 0. The van der Waals surface area contributed by atoms with E-state index in [0.717, 1.165) is 0 Å². The molecule has 0 N–H and O–H groups in total. The number of hydrogen-bond acceptors (Lipinski definition) is 2. The van der Waals surface area contributed by atoms with Gasteiger partial charge in [-0.1, -0.05) is 133 Å². The highest BCUT2D eigenvalue weighted by Gasteiger charge is 2.21. The third-order valence-electron chi connectivity index (χ3n) is 9.26. The fourth-order valence-corrected chi connectivity index (χ4v) is 9.90. The van der Waals surface area contributed by atoms with Crippen molar-refractivity contribution in [2.75, 3.05) is 0 Å². The molecule has 0 unspecified atom stereocenters. The lowest BCUT2D eigenvalue weighted by molar-refractivity contribution is 1.71. The lowest BCUT2D eigenvalue weighted by atomic mass is 9.84. The molecule has 10 rings (SSSR count). The van der Waals surface area contributed by atoms with Crippen LogP contribution in [-0.2, 0) is 0 Å². The average molecular weight is 593 g/mol. The summed E-state index contributed by atoms with van der Waals surface area (Å²) >= 11 is 3.82. The van der Waals surface area contributed by atoms with Crippen molar-refractivity contribution in [3.63, 3.8) is 0 Å². The van der Waals surface area contributed by atoms with E-state index < -0.39 is 0 Å². The predicted octanol–water partition coefficient (Wildman–Crippen LogP) is 13.2. The third kappa shape index (κ3) is 3.33. The molecule has 10 aromatic rings. The number of benzene rings is 8. The van der Waals surface area contributed by atoms with Gasteiger partial charge in [0.1, 0.15) is 0 Å². The summed E-state index contributed by atoms with van der Waals surface area (Å²) in [6.45, 7) is 0. The Balaban J connectivity index is 1.37. The van der Waals surface area contributed by atoms with E-state index in [1.54, 1.807) is 0 Å². The standard InChI is InChI=1S/C42H24S2/c1-2-12-26-25(11-1)23-24-32-31-18-9-20-35(42(31)44-41(26)32)39-29-15-5-3-13-27(29)38(28-14-4-6-16-30(28)39)34-19-10-22-37-40(34)33-17-7-8-21-36(33)43-37/h1-24H. The van der Waals surface area contributed by atoms with Gasteiger partial charge < -0.3 is 0 Å². The summed E-state index contributed by atoms with van der Waals surface area (Å²) in [5.74, 6) is 0. The topological polar surface area (TPSA) is 0 Å². The van der Waals surface area contributed by atoms with E-state index >= 15 is 0 Å². The molecule has 0 nitrogen and oxygen atoms in total. The van der Waals surface area contributed by atoms with Gasteiger partial charge in [0.05, 0.1) is 0 Å². The second-order valence-electron chi connectivity index (χ2n) is 11.6. The second kappa shape index (κ2) is 9.24. The summed E-state index contributed by atoms with van der Waals surface area (Å²) < 4.78 is 5.40. The van der Waals surface area contributed by atoms with Crippen molar-refractivity contribution in [3.05, 3.63) is 146 Å². The van der Waals surface area contributed by atoms with Crippen LogP contribution >= 0.6 is 22.7 Å². The van der Waals surface area contributed by atoms with Gasteiger partial charge in [0.15, 0.2) is 0 Å². The molecule has 204 valence electrons. The summed E-state index contributed by atoms with van der Waals surface area (Å²) in [5.41, 5.74) is 5.27. The molecule has 0 bridgehead atoms. The van der Waals surface area contributed by atoms with Crippen molar-refractivity contribution in [1.29, 1.82) is 0 Å². The number of thiophene rings is 2. The first kappa shape index (κ1) is 24.4. The van der Waals surface area contributed by atoms with Gasteiger partial charge in [-0.2, -0.15) is 0 Å². The Hall–Kier alpha value is -5.02. The van der Waals surface area contributed by atoms with Gasteiger partial charge in [0, 0.05) is 45.9 Å². The highest BCUT2D eigenvalue weighted by molar-refractivity contribution is 7.27. The van der Waals surface area contributed by atoms with Crippen LogP contribution in [0.25, 0.3) is 94.9 Å². The van der Waals surface area contributed by atoms with Gasteiger partial charge in [-0.05, 0) is 61.1 Å². The summed E-state index contributed by atoms with van der Waals surface area (Å²) in [7, 11) is 0. The molecule has 44 heavy (non-hydrogen) atoms. The first-order valence-corrected chi connectivity index (χ1v) is 16.7. The minimum Gasteiger partial charge on any atom is -0.135 e. The van der Waals surface area contributed by atoms with Crippen LogP contribution in [0.4, 0.5) is 0 Å². The molecule has 2 heteroatoms. The minimum atomic E-state index is 1.29. The van der Waals surface area contributed by atoms with Crippen LogP contribution in [0.3, 0.4) is 0 Å². The fraction of sp³-hybridized carbons (Fsp3) is 0. The Bertz CT molecular complexity index is 2720. The average Bonchev–Trinajstić information content (AvgIpc) is 3.66. The van der Waals surface area contributed by atoms with Crippen LogP contribution in [0.1, 0.15) is 0 Å². The van der Waals surface area contributed by atoms with E-state index in [1.165, 1.54) is 94.9 Å². The van der Waals surface area contributed by atoms with E-state index in [4.69, 9.17) is 0 Å².